The number of aryl methyl sites for hydroxylation is 1. The van der Waals surface area contributed by atoms with E-state index in [2.05, 4.69) is 243 Å². The highest BCUT2D eigenvalue weighted by atomic mass is 15.3. The van der Waals surface area contributed by atoms with Gasteiger partial charge in [0.05, 0.1) is 22.7 Å². The zero-order valence-corrected chi connectivity index (χ0v) is 38.9. The van der Waals surface area contributed by atoms with E-state index in [1.165, 1.54) is 95.6 Å². The quantitative estimate of drug-likeness (QED) is 0.160. The second-order valence-electron chi connectivity index (χ2n) is 20.4. The van der Waals surface area contributed by atoms with Crippen molar-refractivity contribution in [3.05, 3.63) is 244 Å². The van der Waals surface area contributed by atoms with Gasteiger partial charge in [-0.25, -0.2) is 0 Å². The van der Waals surface area contributed by atoms with Crippen LogP contribution in [0.5, 0.6) is 0 Å². The molecule has 326 valence electrons. The molecule has 0 spiro atoms. The van der Waals surface area contributed by atoms with E-state index in [1.807, 2.05) is 0 Å². The van der Waals surface area contributed by atoms with Crippen LogP contribution in [0.1, 0.15) is 86.3 Å². The minimum Gasteiger partial charge on any atom is -0.310 e. The summed E-state index contributed by atoms with van der Waals surface area (Å²) in [4.78, 5) is 7.40. The van der Waals surface area contributed by atoms with Gasteiger partial charge in [0.15, 0.2) is 0 Å². The Kier molecular flexibility index (Phi) is 9.00. The summed E-state index contributed by atoms with van der Waals surface area (Å²) in [6, 6.07) is 58.9. The molecule has 2 unspecified atom stereocenters. The van der Waals surface area contributed by atoms with Crippen molar-refractivity contribution in [2.75, 3.05) is 14.7 Å². The third kappa shape index (κ3) is 6.17. The molecule has 0 radical (unpaired) electrons. The number of allylic oxidation sites excluding steroid dienone is 8. The minimum atomic E-state index is -0.172. The van der Waals surface area contributed by atoms with Crippen LogP contribution in [0.2, 0.25) is 0 Å². The van der Waals surface area contributed by atoms with Crippen LogP contribution in [0.3, 0.4) is 0 Å². The molecule has 67 heavy (non-hydrogen) atoms. The molecule has 7 aromatic carbocycles. The number of hydrogen-bond acceptors (Lipinski definition) is 3. The van der Waals surface area contributed by atoms with Gasteiger partial charge in [-0.05, 0) is 149 Å². The fourth-order valence-corrected chi connectivity index (χ4v) is 12.5. The van der Waals surface area contributed by atoms with Crippen LogP contribution >= 0.6 is 0 Å². The third-order valence-corrected chi connectivity index (χ3v) is 15.9. The Hall–Kier alpha value is -7.36. The van der Waals surface area contributed by atoms with E-state index in [4.69, 9.17) is 0 Å². The van der Waals surface area contributed by atoms with Crippen LogP contribution < -0.4 is 14.7 Å². The van der Waals surface area contributed by atoms with Crippen LogP contribution in [-0.2, 0) is 17.3 Å². The van der Waals surface area contributed by atoms with Crippen LogP contribution in [0.25, 0.3) is 17.2 Å². The second kappa shape index (κ2) is 15.1. The van der Waals surface area contributed by atoms with E-state index in [9.17, 15) is 0 Å². The number of fused-ring (bicyclic) bond motifs is 9. The van der Waals surface area contributed by atoms with Crippen LogP contribution in [-0.4, -0.2) is 0 Å². The lowest BCUT2D eigenvalue weighted by Crippen LogP contribution is -2.24. The van der Waals surface area contributed by atoms with Crippen molar-refractivity contribution in [1.82, 2.24) is 0 Å². The van der Waals surface area contributed by atoms with E-state index in [0.29, 0.717) is 5.92 Å². The molecule has 0 bridgehead atoms. The predicted octanol–water partition coefficient (Wildman–Crippen LogP) is 17.1. The smallest absolute Gasteiger partial charge is 0.0703 e. The summed E-state index contributed by atoms with van der Waals surface area (Å²) in [5, 5.41) is 0. The topological polar surface area (TPSA) is 9.72 Å². The van der Waals surface area contributed by atoms with Crippen LogP contribution in [0.4, 0.5) is 45.5 Å². The number of anilines is 8. The minimum absolute atomic E-state index is 0.0836. The highest BCUT2D eigenvalue weighted by Gasteiger charge is 2.43. The average molecular weight is 866 g/mol. The van der Waals surface area contributed by atoms with E-state index in [1.54, 1.807) is 5.57 Å². The van der Waals surface area contributed by atoms with Gasteiger partial charge in [-0.3, -0.25) is 0 Å². The Morgan fingerprint density at radius 3 is 1.87 bits per heavy atom. The highest BCUT2D eigenvalue weighted by molar-refractivity contribution is 6.02. The molecule has 4 aliphatic carbocycles. The molecule has 13 rings (SSSR count). The van der Waals surface area contributed by atoms with Crippen molar-refractivity contribution in [2.24, 2.45) is 5.92 Å². The fourth-order valence-electron chi connectivity index (χ4n) is 12.5. The van der Waals surface area contributed by atoms with Gasteiger partial charge in [0.1, 0.15) is 0 Å². The van der Waals surface area contributed by atoms with Crippen LogP contribution in [0.15, 0.2) is 211 Å². The zero-order valence-electron chi connectivity index (χ0n) is 38.9. The summed E-state index contributed by atoms with van der Waals surface area (Å²) in [5.41, 5.74) is 24.8. The lowest BCUT2D eigenvalue weighted by Gasteiger charge is -2.40. The van der Waals surface area contributed by atoms with Crippen molar-refractivity contribution in [2.45, 2.75) is 70.1 Å². The molecule has 2 heterocycles. The van der Waals surface area contributed by atoms with Crippen molar-refractivity contribution in [3.8, 4) is 11.1 Å². The molecular formula is C64H55N3. The Balaban J connectivity index is 0.790. The van der Waals surface area contributed by atoms with Crippen molar-refractivity contribution in [1.29, 1.82) is 0 Å². The average Bonchev–Trinajstić information content (AvgIpc) is 3.63. The SMILES string of the molecule is CC1(C)C2=CC(/C=C/c3ccc4c(c3)C(C)(C)c3cc(N5c6ccccc6N(c6ccccc6)c6ccccc65)ccc3-4)C=CC2c2ccc(N3C4=C(CCC=C4)CCc4ccccc43)cc21. The predicted molar refractivity (Wildman–Crippen MR) is 281 cm³/mol. The molecule has 2 atom stereocenters. The number of rotatable bonds is 5. The van der Waals surface area contributed by atoms with Crippen molar-refractivity contribution >= 4 is 51.6 Å². The molecule has 7 aromatic rings. The lowest BCUT2D eigenvalue weighted by molar-refractivity contribution is 0.623. The summed E-state index contributed by atoms with van der Waals surface area (Å²) >= 11 is 0. The van der Waals surface area contributed by atoms with E-state index >= 15 is 0 Å². The molecule has 0 N–H and O–H groups in total. The molecule has 0 saturated carbocycles. The second-order valence-corrected chi connectivity index (χ2v) is 20.4. The number of para-hydroxylation sites is 6. The Morgan fingerprint density at radius 1 is 0.507 bits per heavy atom. The first-order chi connectivity index (χ1) is 32.7. The lowest BCUT2D eigenvalue weighted by atomic mass is 9.77. The van der Waals surface area contributed by atoms with E-state index in [0.717, 1.165) is 31.4 Å². The fraction of sp³-hybridized carbons (Fsp3) is 0.188. The van der Waals surface area contributed by atoms with Gasteiger partial charge in [-0.2, -0.15) is 0 Å². The Bertz CT molecular complexity index is 3290. The van der Waals surface area contributed by atoms with Gasteiger partial charge in [-0.1, -0.05) is 161 Å². The van der Waals surface area contributed by atoms with Gasteiger partial charge >= 0.3 is 0 Å². The highest BCUT2D eigenvalue weighted by Crippen LogP contribution is 2.57. The summed E-state index contributed by atoms with van der Waals surface area (Å²) in [5.74, 6) is 0.536. The van der Waals surface area contributed by atoms with E-state index in [-0.39, 0.29) is 16.7 Å². The number of benzene rings is 7. The first kappa shape index (κ1) is 40.0. The molecule has 0 fully saturated rings. The first-order valence-corrected chi connectivity index (χ1v) is 24.4. The zero-order chi connectivity index (χ0) is 45.0. The normalized spacial score (nSPS) is 20.0. The molecule has 3 heteroatoms. The van der Waals surface area contributed by atoms with Gasteiger partial charge in [0.25, 0.3) is 0 Å². The molecule has 0 aromatic heterocycles. The largest absolute Gasteiger partial charge is 0.310 e. The van der Waals surface area contributed by atoms with E-state index < -0.39 is 0 Å². The molecule has 0 amide bonds. The van der Waals surface area contributed by atoms with Gasteiger partial charge < -0.3 is 14.7 Å². The maximum Gasteiger partial charge on any atom is 0.0703 e. The standard InChI is InChI=1S/C64H55N3/c1-63(2)53-38-42(28-34-49(53)51-36-32-47(40-55(51)63)66-57-20-10-8-16-44(57)30-31-45-17-9-11-21-58(45)66)26-27-43-29-35-50-52-37-33-48(41-56(52)64(3,4)54(50)39-43)67-61-24-14-12-22-59(61)65(46-18-6-5-7-19-46)60-23-13-15-25-62(60)67/h5-8,10-16,18-29,32-42,49H,9,17,30-31H2,1-4H3/b27-26+. The third-order valence-electron chi connectivity index (χ3n) is 15.9. The van der Waals surface area contributed by atoms with Gasteiger partial charge in [-0.15, -0.1) is 0 Å². The first-order valence-electron chi connectivity index (χ1n) is 24.4. The molecule has 3 nitrogen and oxygen atoms in total. The van der Waals surface area contributed by atoms with Gasteiger partial charge in [0, 0.05) is 51.1 Å². The molecular weight excluding hydrogens is 811 g/mol. The molecule has 0 saturated heterocycles. The summed E-state index contributed by atoms with van der Waals surface area (Å²) < 4.78 is 0. The van der Waals surface area contributed by atoms with Gasteiger partial charge in [0.2, 0.25) is 0 Å². The number of hydrogen-bond donors (Lipinski definition) is 0. The van der Waals surface area contributed by atoms with Crippen LogP contribution in [0, 0.1) is 5.92 Å². The van der Waals surface area contributed by atoms with Crippen molar-refractivity contribution in [3.63, 3.8) is 0 Å². The monoisotopic (exact) mass is 865 g/mol. The maximum atomic E-state index is 2.56. The Morgan fingerprint density at radius 2 is 1.12 bits per heavy atom. The number of nitrogens with zero attached hydrogens (tertiary/aromatic N) is 3. The summed E-state index contributed by atoms with van der Waals surface area (Å²) in [7, 11) is 0. The molecule has 6 aliphatic rings. The summed E-state index contributed by atoms with van der Waals surface area (Å²) in [6.07, 6.45) is 21.5. The summed E-state index contributed by atoms with van der Waals surface area (Å²) in [6.45, 7) is 9.68. The molecule has 2 aliphatic heterocycles. The maximum absolute atomic E-state index is 2.56. The van der Waals surface area contributed by atoms with Crippen molar-refractivity contribution < 1.29 is 0 Å². The Labute approximate surface area is 396 Å².